The molecule has 1 fully saturated rings. The summed E-state index contributed by atoms with van der Waals surface area (Å²) in [6.45, 7) is 5.45. The number of ether oxygens (including phenoxy) is 2. The molecule has 0 aliphatic heterocycles. The number of rotatable bonds is 6. The number of hydrogen-bond acceptors (Lipinski definition) is 7. The van der Waals surface area contributed by atoms with Crippen molar-refractivity contribution in [3.8, 4) is 17.1 Å². The highest BCUT2D eigenvalue weighted by Crippen LogP contribution is 2.31. The van der Waals surface area contributed by atoms with Crippen molar-refractivity contribution in [1.82, 2.24) is 20.0 Å². The second kappa shape index (κ2) is 8.68. The molecule has 0 saturated heterocycles. The Bertz CT molecular complexity index is 834. The second-order valence-corrected chi connectivity index (χ2v) is 7.54. The van der Waals surface area contributed by atoms with Gasteiger partial charge >= 0.3 is 5.97 Å². The van der Waals surface area contributed by atoms with Crippen LogP contribution in [0.15, 0.2) is 12.1 Å². The molecule has 2 aromatic heterocycles. The monoisotopic (exact) mass is 388 g/mol. The number of hydrogen-bond donors (Lipinski definition) is 1. The summed E-state index contributed by atoms with van der Waals surface area (Å²) in [5.74, 6) is 0.453. The molecule has 2 heterocycles. The third kappa shape index (κ3) is 4.49. The van der Waals surface area contributed by atoms with Crippen molar-refractivity contribution >= 4 is 5.97 Å². The molecule has 2 atom stereocenters. The Hall–Kier alpha value is -2.48. The molecular formula is C20H28N4O4. The molecule has 0 radical (unpaired) electrons. The molecule has 0 bridgehead atoms. The molecule has 0 spiro atoms. The Labute approximate surface area is 164 Å². The minimum absolute atomic E-state index is 0.0330. The summed E-state index contributed by atoms with van der Waals surface area (Å²) in [6, 6.07) is 3.68. The zero-order valence-corrected chi connectivity index (χ0v) is 16.9. The molecule has 1 N–H and O–H groups in total. The van der Waals surface area contributed by atoms with Crippen molar-refractivity contribution in [2.24, 2.45) is 13.0 Å². The van der Waals surface area contributed by atoms with Gasteiger partial charge in [0.25, 0.3) is 0 Å². The van der Waals surface area contributed by atoms with Crippen LogP contribution in [0.1, 0.15) is 50.9 Å². The summed E-state index contributed by atoms with van der Waals surface area (Å²) >= 11 is 0. The molecule has 152 valence electrons. The topological polar surface area (TPSA) is 99.4 Å². The number of aryl methyl sites for hydroxylation is 2. The van der Waals surface area contributed by atoms with Crippen LogP contribution < -0.4 is 4.74 Å². The smallest absolute Gasteiger partial charge is 0.309 e. The van der Waals surface area contributed by atoms with E-state index >= 15 is 0 Å². The number of nitrogens with zero attached hydrogens (tertiary/aromatic N) is 4. The van der Waals surface area contributed by atoms with Gasteiger partial charge in [0.1, 0.15) is 11.4 Å². The van der Waals surface area contributed by atoms with Crippen LogP contribution in [0.4, 0.5) is 0 Å². The lowest BCUT2D eigenvalue weighted by atomic mass is 9.87. The second-order valence-electron chi connectivity index (χ2n) is 7.54. The number of carbonyl (C=O) groups is 1. The SMILES string of the molecule is Cc1nc(-c2nnn(C)c2CO)ccc1OC1CCCC(C(=O)OC(C)C)C1. The number of aliphatic hydroxyl groups is 1. The van der Waals surface area contributed by atoms with Gasteiger partial charge in [-0.05, 0) is 58.6 Å². The van der Waals surface area contributed by atoms with Crippen molar-refractivity contribution in [3.63, 3.8) is 0 Å². The first-order valence-electron chi connectivity index (χ1n) is 9.73. The Morgan fingerprint density at radius 2 is 2.14 bits per heavy atom. The van der Waals surface area contributed by atoms with Gasteiger partial charge in [0.15, 0.2) is 0 Å². The fraction of sp³-hybridized carbons (Fsp3) is 0.600. The summed E-state index contributed by atoms with van der Waals surface area (Å²) in [4.78, 5) is 16.8. The average Bonchev–Trinajstić information content (AvgIpc) is 3.03. The van der Waals surface area contributed by atoms with E-state index in [2.05, 4.69) is 15.3 Å². The van der Waals surface area contributed by atoms with Crippen LogP contribution in [0.3, 0.4) is 0 Å². The van der Waals surface area contributed by atoms with Gasteiger partial charge in [-0.1, -0.05) is 5.21 Å². The molecular weight excluding hydrogens is 360 g/mol. The van der Waals surface area contributed by atoms with Gasteiger partial charge in [-0.3, -0.25) is 4.79 Å². The molecule has 8 nitrogen and oxygen atoms in total. The predicted molar refractivity (Wildman–Crippen MR) is 102 cm³/mol. The van der Waals surface area contributed by atoms with E-state index in [1.54, 1.807) is 7.05 Å². The maximum absolute atomic E-state index is 12.2. The summed E-state index contributed by atoms with van der Waals surface area (Å²) in [5, 5.41) is 17.6. The maximum atomic E-state index is 12.2. The fourth-order valence-corrected chi connectivity index (χ4v) is 3.53. The van der Waals surface area contributed by atoms with E-state index in [4.69, 9.17) is 9.47 Å². The van der Waals surface area contributed by atoms with E-state index in [0.29, 0.717) is 29.3 Å². The zero-order chi connectivity index (χ0) is 20.3. The number of pyridine rings is 1. The van der Waals surface area contributed by atoms with Crippen molar-refractivity contribution in [3.05, 3.63) is 23.5 Å². The van der Waals surface area contributed by atoms with Crippen molar-refractivity contribution in [1.29, 1.82) is 0 Å². The molecule has 3 rings (SSSR count). The van der Waals surface area contributed by atoms with Gasteiger partial charge in [-0.2, -0.15) is 0 Å². The van der Waals surface area contributed by atoms with E-state index < -0.39 is 0 Å². The van der Waals surface area contributed by atoms with Gasteiger partial charge < -0.3 is 14.6 Å². The summed E-state index contributed by atoms with van der Waals surface area (Å²) < 4.78 is 13.1. The Balaban J connectivity index is 1.70. The number of carbonyl (C=O) groups excluding carboxylic acids is 1. The molecule has 0 aromatic carbocycles. The predicted octanol–water partition coefficient (Wildman–Crippen LogP) is 2.57. The lowest BCUT2D eigenvalue weighted by molar-refractivity contribution is -0.154. The van der Waals surface area contributed by atoms with Crippen LogP contribution in [-0.4, -0.2) is 43.3 Å². The molecule has 0 amide bonds. The zero-order valence-electron chi connectivity index (χ0n) is 16.9. The van der Waals surface area contributed by atoms with Crippen molar-refractivity contribution in [2.75, 3.05) is 0 Å². The quantitative estimate of drug-likeness (QED) is 0.759. The van der Waals surface area contributed by atoms with Crippen LogP contribution in [0.25, 0.3) is 11.4 Å². The van der Waals surface area contributed by atoms with Crippen LogP contribution in [0, 0.1) is 12.8 Å². The van der Waals surface area contributed by atoms with E-state index in [1.807, 2.05) is 32.9 Å². The Morgan fingerprint density at radius 1 is 1.36 bits per heavy atom. The van der Waals surface area contributed by atoms with Crippen LogP contribution >= 0.6 is 0 Å². The van der Waals surface area contributed by atoms with Gasteiger partial charge in [0, 0.05) is 7.05 Å². The Morgan fingerprint density at radius 3 is 2.82 bits per heavy atom. The van der Waals surface area contributed by atoms with E-state index in [1.165, 1.54) is 4.68 Å². The number of esters is 1. The van der Waals surface area contributed by atoms with Crippen LogP contribution in [-0.2, 0) is 23.2 Å². The lowest BCUT2D eigenvalue weighted by Crippen LogP contribution is -2.31. The molecule has 2 unspecified atom stereocenters. The third-order valence-electron chi connectivity index (χ3n) is 4.98. The Kier molecular flexibility index (Phi) is 6.28. The van der Waals surface area contributed by atoms with Gasteiger partial charge in [-0.25, -0.2) is 9.67 Å². The van der Waals surface area contributed by atoms with Gasteiger partial charge in [0.2, 0.25) is 0 Å². The van der Waals surface area contributed by atoms with E-state index in [0.717, 1.165) is 25.0 Å². The van der Waals surface area contributed by atoms with E-state index in [-0.39, 0.29) is 30.7 Å². The first-order valence-corrected chi connectivity index (χ1v) is 9.73. The van der Waals surface area contributed by atoms with Crippen LogP contribution in [0.2, 0.25) is 0 Å². The normalized spacial score (nSPS) is 19.6. The molecule has 8 heteroatoms. The molecule has 1 saturated carbocycles. The first-order chi connectivity index (χ1) is 13.4. The highest BCUT2D eigenvalue weighted by molar-refractivity contribution is 5.72. The summed E-state index contributed by atoms with van der Waals surface area (Å²) in [5.41, 5.74) is 2.55. The fourth-order valence-electron chi connectivity index (χ4n) is 3.53. The maximum Gasteiger partial charge on any atom is 0.309 e. The largest absolute Gasteiger partial charge is 0.489 e. The summed E-state index contributed by atoms with van der Waals surface area (Å²) in [7, 11) is 1.73. The molecule has 1 aliphatic rings. The highest BCUT2D eigenvalue weighted by atomic mass is 16.5. The molecule has 2 aromatic rings. The average molecular weight is 388 g/mol. The molecule has 28 heavy (non-hydrogen) atoms. The van der Waals surface area contributed by atoms with Crippen molar-refractivity contribution < 1.29 is 19.4 Å². The highest BCUT2D eigenvalue weighted by Gasteiger charge is 2.30. The van der Waals surface area contributed by atoms with E-state index in [9.17, 15) is 9.90 Å². The standard InChI is InChI=1S/C20H28N4O4/c1-12(2)27-20(26)14-6-5-7-15(10-14)28-18-9-8-16(21-13(18)3)19-17(11-25)24(4)23-22-19/h8-9,12,14-15,25H,5-7,10-11H2,1-4H3. The van der Waals surface area contributed by atoms with Crippen molar-refractivity contribution in [2.45, 2.75) is 65.3 Å². The first kappa shape index (κ1) is 20.3. The number of aliphatic hydroxyl groups excluding tert-OH is 1. The minimum atomic E-state index is -0.159. The van der Waals surface area contributed by atoms with Gasteiger partial charge in [-0.15, -0.1) is 5.10 Å². The summed E-state index contributed by atoms with van der Waals surface area (Å²) in [6.07, 6.45) is 3.22. The molecule has 1 aliphatic carbocycles. The number of aromatic nitrogens is 4. The third-order valence-corrected chi connectivity index (χ3v) is 4.98. The van der Waals surface area contributed by atoms with Gasteiger partial charge in [0.05, 0.1) is 41.8 Å². The lowest BCUT2D eigenvalue weighted by Gasteiger charge is -2.29. The van der Waals surface area contributed by atoms with Crippen LogP contribution in [0.5, 0.6) is 5.75 Å². The minimum Gasteiger partial charge on any atom is -0.489 e.